The minimum Gasteiger partial charge on any atom is -0.501 e. The summed E-state index contributed by atoms with van der Waals surface area (Å²) in [4.78, 5) is 31.2. The Hall–Kier alpha value is -3.66. The molecule has 1 aromatic heterocycles. The van der Waals surface area contributed by atoms with E-state index in [1.165, 1.54) is 4.57 Å². The lowest BCUT2D eigenvalue weighted by Crippen LogP contribution is -2.50. The number of fused-ring (bicyclic) bond motifs is 1. The Morgan fingerprint density at radius 3 is 2.00 bits per heavy atom. The van der Waals surface area contributed by atoms with E-state index in [0.717, 1.165) is 17.4 Å². The van der Waals surface area contributed by atoms with Crippen molar-refractivity contribution < 1.29 is 18.3 Å². The molecule has 0 spiro atoms. The van der Waals surface area contributed by atoms with Gasteiger partial charge in [-0.2, -0.15) is 4.98 Å². The average Bonchev–Trinajstić information content (AvgIpc) is 2.78. The monoisotopic (exact) mass is 482 g/mol. The van der Waals surface area contributed by atoms with Crippen molar-refractivity contribution in [2.45, 2.75) is 31.8 Å². The zero-order valence-electron chi connectivity index (χ0n) is 19.0. The van der Waals surface area contributed by atoms with E-state index in [9.17, 15) is 23.1 Å². The molecule has 2 aromatic carbocycles. The van der Waals surface area contributed by atoms with Crippen molar-refractivity contribution in [3.8, 4) is 5.75 Å². The molecule has 0 radical (unpaired) electrons. The molecule has 3 aromatic rings. The van der Waals surface area contributed by atoms with Gasteiger partial charge in [0.1, 0.15) is 0 Å². The van der Waals surface area contributed by atoms with Crippen molar-refractivity contribution in [2.75, 3.05) is 17.5 Å². The van der Waals surface area contributed by atoms with Crippen LogP contribution in [0.2, 0.25) is 0 Å². The number of nitrogens with zero attached hydrogens (tertiary/aromatic N) is 3. The maximum Gasteiger partial charge on any atom is 0.317 e. The first-order valence-corrected chi connectivity index (χ1v) is 12.7. The van der Waals surface area contributed by atoms with Crippen LogP contribution in [0.15, 0.2) is 65.5 Å². The summed E-state index contributed by atoms with van der Waals surface area (Å²) < 4.78 is 27.9. The number of benzene rings is 2. The highest BCUT2D eigenvalue weighted by Crippen LogP contribution is 2.41. The van der Waals surface area contributed by atoms with Crippen molar-refractivity contribution >= 4 is 21.9 Å². The summed E-state index contributed by atoms with van der Waals surface area (Å²) in [7, 11) is -3.84. The molecule has 9 nitrogen and oxygen atoms in total. The van der Waals surface area contributed by atoms with Gasteiger partial charge in [0.05, 0.1) is 12.3 Å². The summed E-state index contributed by atoms with van der Waals surface area (Å²) in [6.45, 7) is 3.90. The molecule has 1 atom stereocenters. The molecule has 2 heterocycles. The van der Waals surface area contributed by atoms with E-state index in [1.54, 1.807) is 4.90 Å². The number of carbonyl (C=O) groups excluding carboxylic acids is 1. The molecule has 0 fully saturated rings. The molecular formula is C24H26N4O5S. The second-order valence-electron chi connectivity index (χ2n) is 8.60. The number of rotatable bonds is 6. The average molecular weight is 483 g/mol. The standard InChI is InChI=1S/C24H26N4O5S/c1-15(2)27-14-18(19(16-10-6-4-7-11-16)17-12-8-5-9-13-17)28-20(23(27)31)21(29)22(30)25-24(28)26-34(3,32)33/h4-13,15,18-19,29H,14H2,1-3H3,(H,25,26,30)/t18-/m1/s1. The summed E-state index contributed by atoms with van der Waals surface area (Å²) in [5.41, 5.74) is 0.483. The molecule has 34 heavy (non-hydrogen) atoms. The third kappa shape index (κ3) is 4.41. The number of aromatic hydroxyl groups is 1. The van der Waals surface area contributed by atoms with E-state index in [-0.39, 0.29) is 30.1 Å². The van der Waals surface area contributed by atoms with Crippen molar-refractivity contribution in [3.63, 3.8) is 0 Å². The fourth-order valence-electron chi connectivity index (χ4n) is 4.45. The second kappa shape index (κ2) is 8.94. The predicted molar refractivity (Wildman–Crippen MR) is 129 cm³/mol. The molecule has 10 heteroatoms. The highest BCUT2D eigenvalue weighted by Gasteiger charge is 2.41. The molecule has 1 amide bonds. The van der Waals surface area contributed by atoms with Gasteiger partial charge >= 0.3 is 5.56 Å². The van der Waals surface area contributed by atoms with Crippen molar-refractivity contribution in [2.24, 2.45) is 0 Å². The highest BCUT2D eigenvalue weighted by molar-refractivity contribution is 7.92. The topological polar surface area (TPSA) is 122 Å². The zero-order valence-corrected chi connectivity index (χ0v) is 19.9. The van der Waals surface area contributed by atoms with E-state index < -0.39 is 33.3 Å². The number of amides is 1. The van der Waals surface area contributed by atoms with Gasteiger partial charge < -0.3 is 10.0 Å². The number of anilines is 1. The van der Waals surface area contributed by atoms with E-state index in [4.69, 9.17) is 0 Å². The van der Waals surface area contributed by atoms with Crippen LogP contribution in [-0.4, -0.2) is 52.7 Å². The third-order valence-electron chi connectivity index (χ3n) is 5.88. The van der Waals surface area contributed by atoms with Crippen molar-refractivity contribution in [3.05, 3.63) is 87.8 Å². The van der Waals surface area contributed by atoms with Crippen LogP contribution >= 0.6 is 0 Å². The number of sulfonamides is 1. The Balaban J connectivity index is 2.06. The van der Waals surface area contributed by atoms with Crippen LogP contribution in [0.3, 0.4) is 0 Å². The number of aromatic nitrogens is 2. The van der Waals surface area contributed by atoms with Crippen LogP contribution in [0.1, 0.15) is 47.4 Å². The van der Waals surface area contributed by atoms with Gasteiger partial charge in [0.15, 0.2) is 5.69 Å². The third-order valence-corrected chi connectivity index (χ3v) is 6.44. The fourth-order valence-corrected chi connectivity index (χ4v) is 4.92. The van der Waals surface area contributed by atoms with Crippen LogP contribution in [-0.2, 0) is 10.0 Å². The molecule has 0 aliphatic carbocycles. The first-order valence-electron chi connectivity index (χ1n) is 10.8. The molecule has 2 N–H and O–H groups in total. The van der Waals surface area contributed by atoms with Crippen LogP contribution in [0.5, 0.6) is 5.75 Å². The summed E-state index contributed by atoms with van der Waals surface area (Å²) in [6.07, 6.45) is 0.935. The van der Waals surface area contributed by atoms with Crippen molar-refractivity contribution in [1.29, 1.82) is 0 Å². The maximum atomic E-state index is 13.4. The van der Waals surface area contributed by atoms with Crippen LogP contribution in [0, 0.1) is 0 Å². The first kappa shape index (κ1) is 23.5. The number of carbonyl (C=O) groups is 1. The zero-order chi connectivity index (χ0) is 24.6. The Labute approximate surface area is 197 Å². The first-order chi connectivity index (χ1) is 16.1. The summed E-state index contributed by atoms with van der Waals surface area (Å²) >= 11 is 0. The molecule has 0 saturated heterocycles. The van der Waals surface area contributed by atoms with E-state index >= 15 is 0 Å². The largest absolute Gasteiger partial charge is 0.501 e. The fraction of sp³-hybridized carbons (Fsp3) is 0.292. The van der Waals surface area contributed by atoms with Gasteiger partial charge in [0, 0.05) is 18.5 Å². The van der Waals surface area contributed by atoms with E-state index in [0.29, 0.717) is 0 Å². The van der Waals surface area contributed by atoms with Gasteiger partial charge in [-0.3, -0.25) is 18.9 Å². The lowest BCUT2D eigenvalue weighted by Gasteiger charge is -2.42. The molecule has 1 aliphatic heterocycles. The normalized spacial score (nSPS) is 16.1. The molecule has 0 bridgehead atoms. The Bertz CT molecular complexity index is 1330. The number of hydrogen-bond donors (Lipinski definition) is 2. The van der Waals surface area contributed by atoms with E-state index in [2.05, 4.69) is 9.71 Å². The van der Waals surface area contributed by atoms with Crippen LogP contribution in [0.25, 0.3) is 0 Å². The van der Waals surface area contributed by atoms with Crippen molar-refractivity contribution in [1.82, 2.24) is 14.5 Å². The van der Waals surface area contributed by atoms with Gasteiger partial charge in [-0.25, -0.2) is 8.42 Å². The van der Waals surface area contributed by atoms with Gasteiger partial charge in [-0.15, -0.1) is 0 Å². The lowest BCUT2D eigenvalue weighted by molar-refractivity contribution is 0.0588. The van der Waals surface area contributed by atoms with Crippen LogP contribution < -0.4 is 10.3 Å². The van der Waals surface area contributed by atoms with E-state index in [1.807, 2.05) is 74.5 Å². The predicted octanol–water partition coefficient (Wildman–Crippen LogP) is 2.56. The summed E-state index contributed by atoms with van der Waals surface area (Å²) in [5, 5.41) is 10.7. The number of hydrogen-bond acceptors (Lipinski definition) is 6. The molecule has 0 saturated carbocycles. The minimum absolute atomic E-state index is 0.209. The molecule has 178 valence electrons. The molecule has 0 unspecified atom stereocenters. The smallest absolute Gasteiger partial charge is 0.317 e. The minimum atomic E-state index is -3.84. The molecule has 4 rings (SSSR count). The Kier molecular flexibility index (Phi) is 6.18. The lowest BCUT2D eigenvalue weighted by atomic mass is 9.83. The Morgan fingerprint density at radius 2 is 1.53 bits per heavy atom. The molecular weight excluding hydrogens is 456 g/mol. The Morgan fingerprint density at radius 1 is 1.00 bits per heavy atom. The van der Waals surface area contributed by atoms with Gasteiger partial charge in [-0.1, -0.05) is 60.7 Å². The van der Waals surface area contributed by atoms with Gasteiger partial charge in [0.25, 0.3) is 5.91 Å². The highest BCUT2D eigenvalue weighted by atomic mass is 32.2. The quantitative estimate of drug-likeness (QED) is 0.557. The summed E-state index contributed by atoms with van der Waals surface area (Å²) in [6, 6.07) is 18.4. The van der Waals surface area contributed by atoms with Crippen LogP contribution in [0.4, 0.5) is 5.95 Å². The maximum absolute atomic E-state index is 13.4. The second-order valence-corrected chi connectivity index (χ2v) is 10.3. The summed E-state index contributed by atoms with van der Waals surface area (Å²) in [5.74, 6) is -2.03. The van der Waals surface area contributed by atoms with Gasteiger partial charge in [-0.05, 0) is 25.0 Å². The molecule has 1 aliphatic rings. The SMILES string of the molecule is CC(C)N1C[C@H](C(c2ccccc2)c2ccccc2)n2c(NS(C)(=O)=O)nc(=O)c(O)c2C1=O. The number of nitrogens with one attached hydrogen (secondary N) is 1. The van der Waals surface area contributed by atoms with Gasteiger partial charge in [0.2, 0.25) is 21.7 Å².